The Kier molecular flexibility index (Phi) is 5.17. The molecule has 3 aromatic carbocycles. The molecule has 0 N–H and O–H groups in total. The Bertz CT molecular complexity index is 1220. The number of rotatable bonds is 3. The quantitative estimate of drug-likeness (QED) is 0.365. The van der Waals surface area contributed by atoms with Gasteiger partial charge in [0, 0.05) is 17.2 Å². The van der Waals surface area contributed by atoms with Gasteiger partial charge >= 0.3 is 6.18 Å². The first-order valence-electron chi connectivity index (χ1n) is 9.16. The Morgan fingerprint density at radius 2 is 1.77 bits per heavy atom. The van der Waals surface area contributed by atoms with E-state index in [9.17, 15) is 31.6 Å². The molecule has 0 amide bonds. The molecule has 0 spiro atoms. The Labute approximate surface area is 172 Å². The van der Waals surface area contributed by atoms with Crippen molar-refractivity contribution in [1.82, 2.24) is 0 Å². The summed E-state index contributed by atoms with van der Waals surface area (Å²) in [5.41, 5.74) is 0.465. The van der Waals surface area contributed by atoms with Crippen molar-refractivity contribution in [2.45, 2.75) is 25.1 Å². The highest BCUT2D eigenvalue weighted by atomic mass is 19.4. The fraction of sp³-hybridized carbons (Fsp3) is 0.227. The third-order valence-electron chi connectivity index (χ3n) is 5.01. The van der Waals surface area contributed by atoms with Crippen LogP contribution in [-0.2, 0) is 6.42 Å². The molecule has 31 heavy (non-hydrogen) atoms. The van der Waals surface area contributed by atoms with E-state index in [4.69, 9.17) is 9.47 Å². The van der Waals surface area contributed by atoms with Crippen molar-refractivity contribution in [2.75, 3.05) is 6.61 Å². The summed E-state index contributed by atoms with van der Waals surface area (Å²) in [5, 5.41) is 10.4. The second-order valence-electron chi connectivity index (χ2n) is 7.06. The summed E-state index contributed by atoms with van der Waals surface area (Å²) in [4.78, 5) is 0. The summed E-state index contributed by atoms with van der Waals surface area (Å²) in [6, 6.07) is 8.98. The van der Waals surface area contributed by atoms with E-state index in [1.165, 1.54) is 12.1 Å². The van der Waals surface area contributed by atoms with Crippen LogP contribution in [0.15, 0.2) is 36.4 Å². The molecule has 3 aromatic rings. The maximum atomic E-state index is 14.1. The summed E-state index contributed by atoms with van der Waals surface area (Å²) >= 11 is 0. The van der Waals surface area contributed by atoms with Gasteiger partial charge in [-0.2, -0.15) is 18.4 Å². The lowest BCUT2D eigenvalue weighted by Gasteiger charge is -2.28. The normalized spacial score (nSPS) is 15.8. The molecule has 1 unspecified atom stereocenters. The van der Waals surface area contributed by atoms with E-state index in [-0.39, 0.29) is 23.3 Å². The number of ether oxygens (including phenoxy) is 2. The lowest BCUT2D eigenvalue weighted by Crippen LogP contribution is -2.19. The largest absolute Gasteiger partial charge is 0.485 e. The van der Waals surface area contributed by atoms with Gasteiger partial charge in [0.2, 0.25) is 0 Å². The lowest BCUT2D eigenvalue weighted by atomic mass is 9.92. The van der Waals surface area contributed by atoms with E-state index >= 15 is 0 Å². The zero-order chi connectivity index (χ0) is 22.3. The maximum absolute atomic E-state index is 14.1. The van der Waals surface area contributed by atoms with Gasteiger partial charge in [-0.3, -0.25) is 0 Å². The van der Waals surface area contributed by atoms with Crippen LogP contribution in [0.3, 0.4) is 0 Å². The molecule has 0 aliphatic carbocycles. The van der Waals surface area contributed by atoms with Crippen molar-refractivity contribution in [3.05, 3.63) is 70.5 Å². The van der Waals surface area contributed by atoms with Crippen LogP contribution in [0.2, 0.25) is 0 Å². The lowest BCUT2D eigenvalue weighted by molar-refractivity contribution is -0.153. The van der Waals surface area contributed by atoms with Crippen molar-refractivity contribution >= 4 is 10.8 Å². The number of benzene rings is 3. The van der Waals surface area contributed by atoms with Crippen LogP contribution in [0.25, 0.3) is 10.8 Å². The molecule has 0 saturated heterocycles. The minimum Gasteiger partial charge on any atom is -0.485 e. The van der Waals surface area contributed by atoms with Crippen LogP contribution >= 0.6 is 0 Å². The Balaban J connectivity index is 1.72. The molecule has 0 saturated carbocycles. The molecule has 0 radical (unpaired) electrons. The van der Waals surface area contributed by atoms with Gasteiger partial charge in [-0.1, -0.05) is 6.07 Å². The molecule has 0 aromatic heterocycles. The van der Waals surface area contributed by atoms with E-state index in [1.54, 1.807) is 12.1 Å². The Hall–Kier alpha value is -3.41. The summed E-state index contributed by atoms with van der Waals surface area (Å²) in [6.07, 6.45) is -4.87. The van der Waals surface area contributed by atoms with Gasteiger partial charge in [0.1, 0.15) is 29.5 Å². The van der Waals surface area contributed by atoms with Crippen molar-refractivity contribution in [3.63, 3.8) is 0 Å². The van der Waals surface area contributed by atoms with Crippen LogP contribution in [0, 0.1) is 28.8 Å². The van der Waals surface area contributed by atoms with Crippen molar-refractivity contribution in [3.8, 4) is 17.6 Å². The van der Waals surface area contributed by atoms with Gasteiger partial charge in [0.25, 0.3) is 0 Å². The second kappa shape index (κ2) is 7.69. The fourth-order valence-electron chi connectivity index (χ4n) is 3.62. The third-order valence-corrected chi connectivity index (χ3v) is 5.01. The summed E-state index contributed by atoms with van der Waals surface area (Å²) < 4.78 is 89.2. The van der Waals surface area contributed by atoms with Crippen molar-refractivity contribution in [1.29, 1.82) is 5.26 Å². The smallest absolute Gasteiger partial charge is 0.422 e. The van der Waals surface area contributed by atoms with E-state index in [0.717, 1.165) is 6.07 Å². The van der Waals surface area contributed by atoms with Crippen LogP contribution < -0.4 is 9.47 Å². The Morgan fingerprint density at radius 3 is 2.48 bits per heavy atom. The number of hydrogen-bond acceptors (Lipinski definition) is 3. The number of alkyl halides is 3. The van der Waals surface area contributed by atoms with Gasteiger partial charge < -0.3 is 9.47 Å². The molecular formula is C22H13F6NO2. The molecule has 1 aliphatic rings. The molecule has 4 rings (SSSR count). The molecular weight excluding hydrogens is 424 g/mol. The fourth-order valence-corrected chi connectivity index (χ4v) is 3.62. The zero-order valence-electron chi connectivity index (χ0n) is 15.7. The standard InChI is InChI=1S/C22H13F6NO2/c23-16-8-18(25)17(24)6-15(16)20-4-2-13-14-7-21(30-10-22(26,27)28)12(9-29)5-11(14)1-3-19(13)31-20/h1,3,5-8,20H,2,4,10H2. The molecule has 3 nitrogen and oxygen atoms in total. The van der Waals surface area contributed by atoms with Gasteiger partial charge in [0.15, 0.2) is 18.2 Å². The summed E-state index contributed by atoms with van der Waals surface area (Å²) in [7, 11) is 0. The third kappa shape index (κ3) is 4.10. The highest BCUT2D eigenvalue weighted by molar-refractivity contribution is 5.90. The molecule has 160 valence electrons. The number of nitriles is 1. The monoisotopic (exact) mass is 437 g/mol. The average Bonchev–Trinajstić information content (AvgIpc) is 2.73. The molecule has 1 aliphatic heterocycles. The van der Waals surface area contributed by atoms with E-state index in [0.29, 0.717) is 34.6 Å². The first-order valence-corrected chi connectivity index (χ1v) is 9.16. The number of nitrogens with zero attached hydrogens (tertiary/aromatic N) is 1. The average molecular weight is 437 g/mol. The molecule has 0 fully saturated rings. The highest BCUT2D eigenvalue weighted by Gasteiger charge is 2.30. The summed E-state index contributed by atoms with van der Waals surface area (Å²) in [5.74, 6) is -3.31. The predicted molar refractivity (Wildman–Crippen MR) is 98.2 cm³/mol. The summed E-state index contributed by atoms with van der Waals surface area (Å²) in [6.45, 7) is -1.55. The minimum atomic E-state index is -4.57. The second-order valence-corrected chi connectivity index (χ2v) is 7.06. The number of fused-ring (bicyclic) bond motifs is 3. The van der Waals surface area contributed by atoms with Crippen molar-refractivity contribution < 1.29 is 35.8 Å². The number of halogens is 6. The predicted octanol–water partition coefficient (Wildman–Crippen LogP) is 6.14. The van der Waals surface area contributed by atoms with Gasteiger partial charge in [-0.05, 0) is 47.9 Å². The first-order chi connectivity index (χ1) is 14.7. The highest BCUT2D eigenvalue weighted by Crippen LogP contribution is 2.41. The molecule has 0 bridgehead atoms. The van der Waals surface area contributed by atoms with Crippen LogP contribution in [0.1, 0.15) is 29.2 Å². The van der Waals surface area contributed by atoms with Gasteiger partial charge in [-0.25, -0.2) is 13.2 Å². The number of hydrogen-bond donors (Lipinski definition) is 0. The molecule has 1 heterocycles. The topological polar surface area (TPSA) is 42.2 Å². The van der Waals surface area contributed by atoms with E-state index in [2.05, 4.69) is 0 Å². The van der Waals surface area contributed by atoms with Crippen LogP contribution in [0.4, 0.5) is 26.3 Å². The van der Waals surface area contributed by atoms with Crippen LogP contribution in [0.5, 0.6) is 11.5 Å². The van der Waals surface area contributed by atoms with Crippen molar-refractivity contribution in [2.24, 2.45) is 0 Å². The maximum Gasteiger partial charge on any atom is 0.422 e. The van der Waals surface area contributed by atoms with Gasteiger partial charge in [-0.15, -0.1) is 0 Å². The van der Waals surface area contributed by atoms with Gasteiger partial charge in [0.05, 0.1) is 5.56 Å². The minimum absolute atomic E-state index is 0.0461. The zero-order valence-corrected chi connectivity index (χ0v) is 15.7. The first kappa shape index (κ1) is 20.8. The van der Waals surface area contributed by atoms with E-state index in [1.807, 2.05) is 6.07 Å². The Morgan fingerprint density at radius 1 is 1.03 bits per heavy atom. The SMILES string of the molecule is N#Cc1cc2ccc3c(c2cc1OCC(F)(F)F)CCC(c1cc(F)c(F)cc1F)O3. The molecule has 1 atom stereocenters. The van der Waals surface area contributed by atoms with Crippen LogP contribution in [-0.4, -0.2) is 12.8 Å². The van der Waals surface area contributed by atoms with E-state index < -0.39 is 36.3 Å². The molecule has 9 heteroatoms. The number of aryl methyl sites for hydroxylation is 1.